The van der Waals surface area contributed by atoms with Crippen LogP contribution in [0.5, 0.6) is 0 Å². The number of H-pyrrole nitrogens is 1. The van der Waals surface area contributed by atoms with Crippen molar-refractivity contribution in [3.8, 4) is 45.0 Å². The molecule has 0 unspecified atom stereocenters. The van der Waals surface area contributed by atoms with Crippen LogP contribution >= 0.6 is 92.8 Å². The van der Waals surface area contributed by atoms with Crippen molar-refractivity contribution in [2.24, 2.45) is 0 Å². The molecule has 6 heterocycles. The Morgan fingerprint density at radius 3 is 1.05 bits per heavy atom. The topological polar surface area (TPSA) is 340 Å². The molecule has 14 aromatic rings. The molecule has 0 saturated carbocycles. The van der Waals surface area contributed by atoms with Crippen LogP contribution in [-0.2, 0) is 17.7 Å². The van der Waals surface area contributed by atoms with E-state index in [1.807, 2.05) is 90.5 Å². The number of halogens is 8. The molecule has 0 aliphatic rings. The van der Waals surface area contributed by atoms with Gasteiger partial charge >= 0.3 is 0 Å². The number of nitrogens with one attached hydrogen (secondary N) is 9. The van der Waals surface area contributed by atoms with E-state index in [0.717, 1.165) is 18.7 Å². The van der Waals surface area contributed by atoms with E-state index in [0.29, 0.717) is 136 Å². The lowest BCUT2D eigenvalue weighted by molar-refractivity contribution is 0.0902. The third-order valence-corrected chi connectivity index (χ3v) is 20.8. The van der Waals surface area contributed by atoms with Gasteiger partial charge in [-0.3, -0.25) is 58.3 Å². The summed E-state index contributed by atoms with van der Waals surface area (Å²) in [6, 6.07) is 60.6. The number of nitrogens with zero attached hydrogens (tertiary/aromatic N) is 7. The molecule has 0 fully saturated rings. The highest BCUT2D eigenvalue weighted by atomic mass is 35.5. The predicted molar refractivity (Wildman–Crippen MR) is 492 cm³/mol. The number of benzene rings is 8. The number of methoxy groups -OCH3 is 1. The van der Waals surface area contributed by atoms with Gasteiger partial charge in [-0.15, -0.1) is 0 Å². The van der Waals surface area contributed by atoms with Crippen molar-refractivity contribution in [3.05, 3.63) is 365 Å². The minimum Gasteiger partial charge on any atom is -0.383 e. The van der Waals surface area contributed by atoms with Crippen LogP contribution in [0.2, 0.25) is 40.2 Å². The summed E-state index contributed by atoms with van der Waals surface area (Å²) in [6.45, 7) is 3.92. The average Bonchev–Trinajstić information content (AvgIpc) is 1.50. The second-order valence-corrected chi connectivity index (χ2v) is 30.4. The molecule has 0 saturated heterocycles. The van der Waals surface area contributed by atoms with Gasteiger partial charge in [0.2, 0.25) is 0 Å². The third kappa shape index (κ3) is 26.4. The number of aromatic amines is 1. The number of hydrogen-bond donors (Lipinski definition) is 9. The first-order chi connectivity index (χ1) is 60.4. The standard InChI is InChI=1S/C25H21Cl2N5O2.C24H19Cl2N5O2.C23H21Cl2N3O3.C20H15Cl2N3O2/c26-21-8-6-18(15-20(21)23-4-1-2-9-29-23)31-25(34)19-7-5-17(14-22(19)27)24(33)30-10-3-12-32-13-11-28-16-32;25-20-7-5-16(12-19(20)22-3-1-2-9-28-22)31-24(33)18-6-4-15(11-21(18)26)23(32)29-10-8-17-13-27-14-30-17;1-14(13-31-2)27-22(29)15-6-8-17(20(25)11-15)23(30)28-16-7-9-19(24)18(12-16)21-5-3-4-10-26-21;1-23-19(26)12-5-7-14(17(22)10-12)20(27)25-13-6-8-16(21)15(11-13)18-4-2-3-9-24-18/h1-2,4-9,11,13-16H,3,10,12H2,(H,30,33)(H,31,34);1-7,9,11-14H,8,10H2,(H,27,30)(H,29,32)(H,31,33);3-12,14H,13H2,1-2H3,(H,27,29)(H,28,30);2-11H,1H3,(H,23,26)(H,25,27)/t;;14-;/m..0./s1. The van der Waals surface area contributed by atoms with Gasteiger partial charge < -0.3 is 56.8 Å². The fourth-order valence-corrected chi connectivity index (χ4v) is 13.9. The molecule has 0 aliphatic carbocycles. The minimum absolute atomic E-state index is 0.155. The van der Waals surface area contributed by atoms with E-state index in [1.54, 1.807) is 154 Å². The van der Waals surface area contributed by atoms with Crippen molar-refractivity contribution in [2.45, 2.75) is 32.4 Å². The van der Waals surface area contributed by atoms with Gasteiger partial charge in [0, 0.05) is 163 Å². The SMILES string of the molecule is CNC(=O)c1ccc(C(=O)Nc2ccc(Cl)c(-c3ccccn3)c2)c(Cl)c1.COC[C@H](C)NC(=O)c1ccc(C(=O)Nc2ccc(Cl)c(-c3ccccn3)c2)c(Cl)c1.O=C(NCCCn1ccnc1)c1ccc(C(=O)Nc2ccc(Cl)c(-c3ccccn3)c2)c(Cl)c1.O=C(NCCc1cnc[nH]1)c1ccc(C(=O)Nc2ccc(Cl)c(-c3ccccn3)c2)c(Cl)c1. The summed E-state index contributed by atoms with van der Waals surface area (Å²) in [4.78, 5) is 128. The fourth-order valence-electron chi connectivity index (χ4n) is 12.0. The molecule has 6 aromatic heterocycles. The molecule has 8 amide bonds. The molecule has 1 atom stereocenters. The van der Waals surface area contributed by atoms with Gasteiger partial charge in [-0.1, -0.05) is 117 Å². The Morgan fingerprint density at radius 2 is 0.744 bits per heavy atom. The van der Waals surface area contributed by atoms with Crippen LogP contribution in [0, 0.1) is 0 Å². The van der Waals surface area contributed by atoms with Crippen molar-refractivity contribution < 1.29 is 43.1 Å². The van der Waals surface area contributed by atoms with Crippen LogP contribution < -0.4 is 42.5 Å². The molecule has 0 bridgehead atoms. The Morgan fingerprint density at radius 1 is 0.392 bits per heavy atom. The molecule has 634 valence electrons. The average molecular weight is 1830 g/mol. The molecule has 0 radical (unpaired) electrons. The van der Waals surface area contributed by atoms with Crippen LogP contribution in [0.4, 0.5) is 22.7 Å². The number of pyridine rings is 4. The highest BCUT2D eigenvalue weighted by Gasteiger charge is 2.22. The van der Waals surface area contributed by atoms with Gasteiger partial charge in [-0.2, -0.15) is 0 Å². The number of carbonyl (C=O) groups excluding carboxylic acids is 8. The molecule has 125 heavy (non-hydrogen) atoms. The zero-order chi connectivity index (χ0) is 88.9. The van der Waals surface area contributed by atoms with Crippen LogP contribution in [0.3, 0.4) is 0 Å². The number of rotatable bonds is 26. The molecule has 0 spiro atoms. The van der Waals surface area contributed by atoms with E-state index < -0.39 is 23.6 Å². The zero-order valence-electron chi connectivity index (χ0n) is 66.6. The van der Waals surface area contributed by atoms with Crippen LogP contribution in [0.25, 0.3) is 45.0 Å². The summed E-state index contributed by atoms with van der Waals surface area (Å²) in [7, 11) is 3.09. The number of amides is 8. The molecule has 8 aromatic carbocycles. The quantitative estimate of drug-likeness (QED) is 0.0228. The Kier molecular flexibility index (Phi) is 33.9. The molecule has 14 rings (SSSR count). The highest BCUT2D eigenvalue weighted by Crippen LogP contribution is 2.35. The summed E-state index contributed by atoms with van der Waals surface area (Å²) in [5.74, 6) is -2.69. The van der Waals surface area contributed by atoms with Crippen LogP contribution in [0.15, 0.2) is 274 Å². The van der Waals surface area contributed by atoms with E-state index in [4.69, 9.17) is 97.5 Å². The van der Waals surface area contributed by atoms with E-state index in [2.05, 4.69) is 77.4 Å². The Labute approximate surface area is 758 Å². The number of ether oxygens (including phenoxy) is 1. The van der Waals surface area contributed by atoms with Gasteiger partial charge in [-0.05, 0) is 207 Å². The highest BCUT2D eigenvalue weighted by molar-refractivity contribution is 6.38. The Balaban J connectivity index is 0.000000163. The summed E-state index contributed by atoms with van der Waals surface area (Å²) in [5.41, 5.74) is 11.2. The summed E-state index contributed by atoms with van der Waals surface area (Å²) >= 11 is 50.3. The van der Waals surface area contributed by atoms with Crippen molar-refractivity contribution in [2.75, 3.05) is 55.1 Å². The van der Waals surface area contributed by atoms with Crippen molar-refractivity contribution in [3.63, 3.8) is 0 Å². The van der Waals surface area contributed by atoms with E-state index in [9.17, 15) is 38.4 Å². The molecule has 33 heteroatoms. The Hall–Kier alpha value is -13.2. The first-order valence-electron chi connectivity index (χ1n) is 38.2. The van der Waals surface area contributed by atoms with Gasteiger partial charge in [0.15, 0.2) is 0 Å². The van der Waals surface area contributed by atoms with Crippen molar-refractivity contribution in [1.29, 1.82) is 0 Å². The first kappa shape index (κ1) is 92.5. The largest absolute Gasteiger partial charge is 0.383 e. The minimum atomic E-state index is -0.404. The number of aromatic nitrogens is 8. The molecule has 0 aliphatic heterocycles. The zero-order valence-corrected chi connectivity index (χ0v) is 72.7. The monoisotopic (exact) mass is 1830 g/mol. The van der Waals surface area contributed by atoms with E-state index in [1.165, 1.54) is 55.6 Å². The summed E-state index contributed by atoms with van der Waals surface area (Å²) in [5, 5.41) is 25.0. The Bertz CT molecular complexity index is 6150. The lowest BCUT2D eigenvalue weighted by Gasteiger charge is -2.14. The number of carbonyl (C=O) groups is 8. The fraction of sp³-hybridized carbons (Fsp3) is 0.109. The smallest absolute Gasteiger partial charge is 0.257 e. The maximum Gasteiger partial charge on any atom is 0.257 e. The lowest BCUT2D eigenvalue weighted by atomic mass is 10.1. The van der Waals surface area contributed by atoms with E-state index >= 15 is 0 Å². The first-order valence-corrected chi connectivity index (χ1v) is 41.2. The lowest BCUT2D eigenvalue weighted by Crippen LogP contribution is -2.35. The maximum absolute atomic E-state index is 12.8. The van der Waals surface area contributed by atoms with Gasteiger partial charge in [0.25, 0.3) is 47.3 Å². The van der Waals surface area contributed by atoms with Crippen molar-refractivity contribution in [1.82, 2.24) is 60.7 Å². The van der Waals surface area contributed by atoms with Gasteiger partial charge in [0.1, 0.15) is 0 Å². The normalized spacial score (nSPS) is 10.8. The van der Waals surface area contributed by atoms with Gasteiger partial charge in [0.05, 0.1) is 104 Å². The molecular weight excluding hydrogens is 1760 g/mol. The van der Waals surface area contributed by atoms with Crippen LogP contribution in [0.1, 0.15) is 102 Å². The van der Waals surface area contributed by atoms with E-state index in [-0.39, 0.29) is 72.0 Å². The number of aryl methyl sites for hydroxylation is 1. The number of hydrogen-bond acceptors (Lipinski definition) is 15. The maximum atomic E-state index is 12.8. The van der Waals surface area contributed by atoms with Crippen LogP contribution in [-0.4, -0.2) is 127 Å². The summed E-state index contributed by atoms with van der Waals surface area (Å²) in [6.07, 6.45) is 16.7. The second-order valence-electron chi connectivity index (χ2n) is 27.1. The second kappa shape index (κ2) is 45.8. The number of anilines is 4. The predicted octanol–water partition coefficient (Wildman–Crippen LogP) is 20.1. The molecule has 9 N–H and O–H groups in total. The van der Waals surface area contributed by atoms with Crippen molar-refractivity contribution >= 4 is 163 Å². The molecule has 25 nitrogen and oxygen atoms in total. The summed E-state index contributed by atoms with van der Waals surface area (Å²) < 4.78 is 6.95. The van der Waals surface area contributed by atoms with Gasteiger partial charge in [-0.25, -0.2) is 9.97 Å². The molecular formula is C92H76Cl8N16O9. The third-order valence-electron chi connectivity index (χ3n) is 18.3. The number of imidazole rings is 2.